The first-order valence-electron chi connectivity index (χ1n) is 7.54. The molecule has 1 aromatic carbocycles. The van der Waals surface area contributed by atoms with Crippen molar-refractivity contribution < 1.29 is 0 Å². The molecule has 110 valence electrons. The van der Waals surface area contributed by atoms with Gasteiger partial charge in [-0.1, -0.05) is 18.2 Å². The molecule has 0 spiro atoms. The number of anilines is 2. The Hall–Kier alpha value is -2.10. The van der Waals surface area contributed by atoms with Crippen molar-refractivity contribution in [2.45, 2.75) is 13.3 Å². The largest absolute Gasteiger partial charge is 0.371 e. The van der Waals surface area contributed by atoms with Gasteiger partial charge in [-0.2, -0.15) is 5.10 Å². The summed E-state index contributed by atoms with van der Waals surface area (Å²) in [5.41, 5.74) is 2.29. The first kappa shape index (κ1) is 13.9. The van der Waals surface area contributed by atoms with Gasteiger partial charge in [-0.3, -0.25) is 0 Å². The van der Waals surface area contributed by atoms with Gasteiger partial charge in [0.25, 0.3) is 0 Å². The van der Waals surface area contributed by atoms with Crippen LogP contribution in [0.2, 0.25) is 0 Å². The summed E-state index contributed by atoms with van der Waals surface area (Å²) in [6.07, 6.45) is 1.23. The molecule has 2 aromatic rings. The van der Waals surface area contributed by atoms with E-state index in [1.54, 1.807) is 0 Å². The predicted octanol–water partition coefficient (Wildman–Crippen LogP) is 2.75. The smallest absolute Gasteiger partial charge is 0.150 e. The van der Waals surface area contributed by atoms with Crippen molar-refractivity contribution >= 4 is 11.5 Å². The number of nitrogens with zero attached hydrogens (tertiary/aromatic N) is 4. The maximum atomic E-state index is 4.26. The Morgan fingerprint density at radius 3 is 2.67 bits per heavy atom. The van der Waals surface area contributed by atoms with E-state index in [1.165, 1.54) is 12.1 Å². The van der Waals surface area contributed by atoms with Crippen molar-refractivity contribution in [3.05, 3.63) is 48.2 Å². The second-order valence-electron chi connectivity index (χ2n) is 5.85. The van der Waals surface area contributed by atoms with Crippen molar-refractivity contribution in [1.29, 1.82) is 0 Å². The average Bonchev–Trinajstić information content (AvgIpc) is 2.97. The third-order valence-corrected chi connectivity index (χ3v) is 4.11. The summed E-state index contributed by atoms with van der Waals surface area (Å²) in [7, 11) is 2.10. The van der Waals surface area contributed by atoms with Crippen molar-refractivity contribution in [2.24, 2.45) is 5.92 Å². The molecule has 3 rings (SSSR count). The Kier molecular flexibility index (Phi) is 4.04. The van der Waals surface area contributed by atoms with Crippen molar-refractivity contribution in [3.8, 4) is 0 Å². The molecule has 1 aliphatic heterocycles. The van der Waals surface area contributed by atoms with Crippen molar-refractivity contribution in [2.75, 3.05) is 36.5 Å². The van der Waals surface area contributed by atoms with Gasteiger partial charge < -0.3 is 9.80 Å². The molecule has 21 heavy (non-hydrogen) atoms. The Labute approximate surface area is 126 Å². The van der Waals surface area contributed by atoms with E-state index in [0.717, 1.165) is 31.1 Å². The minimum Gasteiger partial charge on any atom is -0.371 e. The van der Waals surface area contributed by atoms with Crippen LogP contribution in [-0.4, -0.2) is 36.9 Å². The molecule has 1 atom stereocenters. The molecule has 1 aromatic heterocycles. The molecule has 0 amide bonds. The third-order valence-electron chi connectivity index (χ3n) is 4.11. The van der Waals surface area contributed by atoms with Gasteiger partial charge in [0.05, 0.1) is 5.69 Å². The topological polar surface area (TPSA) is 32.3 Å². The van der Waals surface area contributed by atoms with Gasteiger partial charge in [-0.25, -0.2) is 0 Å². The van der Waals surface area contributed by atoms with Gasteiger partial charge in [0.15, 0.2) is 5.82 Å². The molecule has 1 fully saturated rings. The maximum absolute atomic E-state index is 4.26. The fourth-order valence-electron chi connectivity index (χ4n) is 2.93. The van der Waals surface area contributed by atoms with Crippen LogP contribution in [0.1, 0.15) is 12.1 Å². The molecular weight excluding hydrogens is 260 g/mol. The second kappa shape index (κ2) is 6.12. The highest BCUT2D eigenvalue weighted by Crippen LogP contribution is 2.24. The average molecular weight is 282 g/mol. The van der Waals surface area contributed by atoms with E-state index in [1.807, 2.05) is 19.1 Å². The predicted molar refractivity (Wildman–Crippen MR) is 86.8 cm³/mol. The number of rotatable bonds is 4. The van der Waals surface area contributed by atoms with Gasteiger partial charge in [0, 0.05) is 32.4 Å². The van der Waals surface area contributed by atoms with E-state index in [0.29, 0.717) is 5.92 Å². The summed E-state index contributed by atoms with van der Waals surface area (Å²) in [6, 6.07) is 14.7. The van der Waals surface area contributed by atoms with Gasteiger partial charge in [0.1, 0.15) is 0 Å². The van der Waals surface area contributed by atoms with Gasteiger partial charge in [-0.05, 0) is 43.5 Å². The SMILES string of the molecule is Cc1ccc(N(C)CC2CCN(c3ccccc3)C2)nn1. The lowest BCUT2D eigenvalue weighted by Crippen LogP contribution is -2.28. The number of benzene rings is 1. The fourth-order valence-corrected chi connectivity index (χ4v) is 2.93. The summed E-state index contributed by atoms with van der Waals surface area (Å²) in [5.74, 6) is 1.64. The summed E-state index contributed by atoms with van der Waals surface area (Å²) < 4.78 is 0. The molecule has 0 saturated carbocycles. The van der Waals surface area contributed by atoms with Crippen LogP contribution in [0.4, 0.5) is 11.5 Å². The number of hydrogen-bond donors (Lipinski definition) is 0. The standard InChI is InChI=1S/C17H22N4/c1-14-8-9-17(19-18-14)20(2)12-15-10-11-21(13-15)16-6-4-3-5-7-16/h3-9,15H,10-13H2,1-2H3. The van der Waals surface area contributed by atoms with E-state index < -0.39 is 0 Å². The number of aryl methyl sites for hydroxylation is 1. The van der Waals surface area contributed by atoms with E-state index >= 15 is 0 Å². The number of aromatic nitrogens is 2. The molecule has 1 unspecified atom stereocenters. The zero-order chi connectivity index (χ0) is 14.7. The minimum atomic E-state index is 0.679. The van der Waals surface area contributed by atoms with E-state index in [2.05, 4.69) is 57.4 Å². The van der Waals surface area contributed by atoms with Crippen LogP contribution in [0.3, 0.4) is 0 Å². The Bertz CT molecular complexity index is 567. The summed E-state index contributed by atoms with van der Waals surface area (Å²) in [5, 5.41) is 8.39. The first-order valence-corrected chi connectivity index (χ1v) is 7.54. The van der Waals surface area contributed by atoms with E-state index in [9.17, 15) is 0 Å². The third kappa shape index (κ3) is 3.32. The molecule has 2 heterocycles. The quantitative estimate of drug-likeness (QED) is 0.863. The van der Waals surface area contributed by atoms with Crippen LogP contribution >= 0.6 is 0 Å². The lowest BCUT2D eigenvalue weighted by atomic mass is 10.1. The molecule has 0 bridgehead atoms. The zero-order valence-electron chi connectivity index (χ0n) is 12.7. The molecule has 0 aliphatic carbocycles. The number of hydrogen-bond acceptors (Lipinski definition) is 4. The molecule has 1 saturated heterocycles. The van der Waals surface area contributed by atoms with Gasteiger partial charge in [0.2, 0.25) is 0 Å². The minimum absolute atomic E-state index is 0.679. The van der Waals surface area contributed by atoms with Gasteiger partial charge >= 0.3 is 0 Å². The van der Waals surface area contributed by atoms with E-state index in [-0.39, 0.29) is 0 Å². The normalized spacial score (nSPS) is 18.0. The van der Waals surface area contributed by atoms with Crippen LogP contribution in [0.15, 0.2) is 42.5 Å². The van der Waals surface area contributed by atoms with Crippen LogP contribution in [-0.2, 0) is 0 Å². The summed E-state index contributed by atoms with van der Waals surface area (Å²) in [4.78, 5) is 4.69. The molecule has 4 nitrogen and oxygen atoms in total. The summed E-state index contributed by atoms with van der Waals surface area (Å²) >= 11 is 0. The molecule has 0 radical (unpaired) electrons. The molecule has 0 N–H and O–H groups in total. The Morgan fingerprint density at radius 2 is 1.95 bits per heavy atom. The molecule has 1 aliphatic rings. The highest BCUT2D eigenvalue weighted by Gasteiger charge is 2.24. The van der Waals surface area contributed by atoms with Crippen LogP contribution in [0.25, 0.3) is 0 Å². The van der Waals surface area contributed by atoms with Crippen molar-refractivity contribution in [1.82, 2.24) is 10.2 Å². The Morgan fingerprint density at radius 1 is 1.14 bits per heavy atom. The Balaban J connectivity index is 1.58. The zero-order valence-corrected chi connectivity index (χ0v) is 12.7. The number of para-hydroxylation sites is 1. The van der Waals surface area contributed by atoms with Crippen LogP contribution in [0.5, 0.6) is 0 Å². The fraction of sp³-hybridized carbons (Fsp3) is 0.412. The highest BCUT2D eigenvalue weighted by atomic mass is 15.3. The first-order chi connectivity index (χ1) is 10.2. The van der Waals surface area contributed by atoms with Crippen LogP contribution < -0.4 is 9.80 Å². The van der Waals surface area contributed by atoms with Crippen molar-refractivity contribution in [3.63, 3.8) is 0 Å². The lowest BCUT2D eigenvalue weighted by molar-refractivity contribution is 0.580. The van der Waals surface area contributed by atoms with E-state index in [4.69, 9.17) is 0 Å². The molecular formula is C17H22N4. The summed E-state index contributed by atoms with van der Waals surface area (Å²) in [6.45, 7) is 5.25. The lowest BCUT2D eigenvalue weighted by Gasteiger charge is -2.23. The monoisotopic (exact) mass is 282 g/mol. The highest BCUT2D eigenvalue weighted by molar-refractivity contribution is 5.47. The maximum Gasteiger partial charge on any atom is 0.150 e. The molecule has 4 heteroatoms. The van der Waals surface area contributed by atoms with Crippen LogP contribution in [0, 0.1) is 12.8 Å². The van der Waals surface area contributed by atoms with Gasteiger partial charge in [-0.15, -0.1) is 5.10 Å². The second-order valence-corrected chi connectivity index (χ2v) is 5.85.